The second-order valence-electron chi connectivity index (χ2n) is 6.18. The van der Waals surface area contributed by atoms with Crippen molar-refractivity contribution in [1.82, 2.24) is 0 Å². The summed E-state index contributed by atoms with van der Waals surface area (Å²) in [4.78, 5) is 0.0922. The second-order valence-corrected chi connectivity index (χ2v) is 8.61. The molecule has 0 aromatic heterocycles. The normalized spacial score (nSPS) is 12.2. The summed E-state index contributed by atoms with van der Waals surface area (Å²) in [6.45, 7) is 0. The van der Waals surface area contributed by atoms with Gasteiger partial charge in [-0.3, -0.25) is 0 Å². The van der Waals surface area contributed by atoms with Crippen molar-refractivity contribution < 1.29 is 26.0 Å². The lowest BCUT2D eigenvalue weighted by molar-refractivity contribution is -0.137. The fourth-order valence-corrected chi connectivity index (χ4v) is 3.57. The zero-order valence-corrected chi connectivity index (χ0v) is 16.0. The Morgan fingerprint density at radius 2 is 1.43 bits per heavy atom. The number of rotatable bonds is 3. The fraction of sp³-hybridized carbons (Fsp3) is 0.100. The van der Waals surface area contributed by atoms with E-state index in [0.717, 1.165) is 24.5 Å². The molecule has 0 aliphatic rings. The molecule has 0 atom stereocenters. The summed E-state index contributed by atoms with van der Waals surface area (Å²) in [7, 11) is -3.41. The van der Waals surface area contributed by atoms with Crippen LogP contribution in [-0.2, 0) is 16.0 Å². The van der Waals surface area contributed by atoms with Gasteiger partial charge in [0, 0.05) is 6.26 Å². The minimum Gasteiger partial charge on any atom is -0.224 e. The third kappa shape index (κ3) is 4.20. The third-order valence-corrected chi connectivity index (χ3v) is 5.59. The summed E-state index contributed by atoms with van der Waals surface area (Å²) in [6, 6.07) is 12.6. The number of alkyl halides is 3. The molecule has 0 saturated heterocycles. The van der Waals surface area contributed by atoms with Crippen molar-refractivity contribution in [2.24, 2.45) is 0 Å². The van der Waals surface area contributed by atoms with Gasteiger partial charge in [-0.2, -0.15) is 13.2 Å². The van der Waals surface area contributed by atoms with Gasteiger partial charge in [-0.1, -0.05) is 35.9 Å². The van der Waals surface area contributed by atoms with Crippen LogP contribution < -0.4 is 0 Å². The van der Waals surface area contributed by atoms with Crippen molar-refractivity contribution in [3.8, 4) is 22.3 Å². The van der Waals surface area contributed by atoms with Crippen LogP contribution in [0.15, 0.2) is 65.6 Å². The van der Waals surface area contributed by atoms with Gasteiger partial charge in [0.05, 0.1) is 15.5 Å². The highest BCUT2D eigenvalue weighted by atomic mass is 35.5. The van der Waals surface area contributed by atoms with Gasteiger partial charge in [0.2, 0.25) is 0 Å². The molecule has 0 bridgehead atoms. The maximum Gasteiger partial charge on any atom is 0.416 e. The summed E-state index contributed by atoms with van der Waals surface area (Å²) in [5, 5.41) is -0.215. The minimum atomic E-state index is -4.56. The van der Waals surface area contributed by atoms with E-state index in [1.165, 1.54) is 42.5 Å². The molecule has 3 aromatic carbocycles. The lowest BCUT2D eigenvalue weighted by Gasteiger charge is -2.15. The van der Waals surface area contributed by atoms with E-state index in [2.05, 4.69) is 0 Å². The largest absolute Gasteiger partial charge is 0.416 e. The zero-order chi connectivity index (χ0) is 20.7. The first kappa shape index (κ1) is 20.4. The van der Waals surface area contributed by atoms with Crippen LogP contribution in [-0.4, -0.2) is 14.7 Å². The van der Waals surface area contributed by atoms with E-state index in [-0.39, 0.29) is 15.5 Å². The van der Waals surface area contributed by atoms with Crippen LogP contribution in [0.1, 0.15) is 5.56 Å². The highest BCUT2D eigenvalue weighted by molar-refractivity contribution is 7.90. The van der Waals surface area contributed by atoms with Crippen LogP contribution in [0.3, 0.4) is 0 Å². The summed E-state index contributed by atoms with van der Waals surface area (Å²) in [5.74, 6) is -0.684. The van der Waals surface area contributed by atoms with Gasteiger partial charge in [-0.15, -0.1) is 0 Å². The SMILES string of the molecule is CS(=O)(=O)c1ccc(-c2ccc(C(F)(F)F)cc2-c2ccc(F)c(Cl)c2)cc1. The van der Waals surface area contributed by atoms with Crippen molar-refractivity contribution in [2.45, 2.75) is 11.1 Å². The van der Waals surface area contributed by atoms with Crippen LogP contribution in [0.25, 0.3) is 22.3 Å². The number of sulfone groups is 1. The van der Waals surface area contributed by atoms with Crippen LogP contribution in [0, 0.1) is 5.82 Å². The highest BCUT2D eigenvalue weighted by Gasteiger charge is 2.31. The van der Waals surface area contributed by atoms with E-state index in [9.17, 15) is 26.0 Å². The molecule has 0 radical (unpaired) electrons. The van der Waals surface area contributed by atoms with Gasteiger partial charge in [-0.25, -0.2) is 12.8 Å². The van der Waals surface area contributed by atoms with Crippen molar-refractivity contribution in [3.63, 3.8) is 0 Å². The lowest BCUT2D eigenvalue weighted by atomic mass is 9.92. The first-order chi connectivity index (χ1) is 13.0. The number of benzene rings is 3. The predicted molar refractivity (Wildman–Crippen MR) is 100 cm³/mol. The Bertz CT molecular complexity index is 1140. The van der Waals surface area contributed by atoms with E-state index in [4.69, 9.17) is 11.6 Å². The molecular weight excluding hydrogens is 416 g/mol. The molecule has 0 aliphatic heterocycles. The van der Waals surface area contributed by atoms with E-state index in [0.29, 0.717) is 16.7 Å². The number of hydrogen-bond acceptors (Lipinski definition) is 2. The number of halogens is 5. The average Bonchev–Trinajstić information content (AvgIpc) is 2.62. The van der Waals surface area contributed by atoms with Crippen molar-refractivity contribution in [1.29, 1.82) is 0 Å². The topological polar surface area (TPSA) is 34.1 Å². The molecule has 0 N–H and O–H groups in total. The lowest BCUT2D eigenvalue weighted by Crippen LogP contribution is -2.05. The summed E-state index contributed by atoms with van der Waals surface area (Å²) in [6.07, 6.45) is -3.50. The molecule has 0 saturated carbocycles. The minimum absolute atomic E-state index is 0.0922. The molecule has 146 valence electrons. The molecular formula is C20H13ClF4O2S. The van der Waals surface area contributed by atoms with Gasteiger partial charge < -0.3 is 0 Å². The maximum absolute atomic E-state index is 13.5. The van der Waals surface area contributed by atoms with Crippen molar-refractivity contribution in [2.75, 3.05) is 6.26 Å². The molecule has 8 heteroatoms. The molecule has 3 rings (SSSR count). The van der Waals surface area contributed by atoms with Gasteiger partial charge in [0.1, 0.15) is 5.82 Å². The molecule has 0 unspecified atom stereocenters. The second kappa shape index (κ2) is 7.22. The summed E-state index contributed by atoms with van der Waals surface area (Å²) < 4.78 is 76.3. The van der Waals surface area contributed by atoms with Crippen LogP contribution >= 0.6 is 11.6 Å². The van der Waals surface area contributed by atoms with Gasteiger partial charge in [-0.05, 0) is 58.7 Å². The molecule has 2 nitrogen and oxygen atoms in total. The standard InChI is InChI=1S/C20H13ClF4O2S/c1-28(26,27)15-6-2-12(3-7-15)16-8-5-14(20(23,24)25)11-17(16)13-4-9-19(22)18(21)10-13/h2-11H,1H3. The molecule has 3 aromatic rings. The van der Waals surface area contributed by atoms with Gasteiger partial charge >= 0.3 is 6.18 Å². The van der Waals surface area contributed by atoms with E-state index in [1.54, 1.807) is 0 Å². The number of hydrogen-bond donors (Lipinski definition) is 0. The van der Waals surface area contributed by atoms with Gasteiger partial charge in [0.15, 0.2) is 9.84 Å². The Balaban J connectivity index is 2.21. The summed E-state index contributed by atoms with van der Waals surface area (Å²) in [5.41, 5.74) is 0.579. The summed E-state index contributed by atoms with van der Waals surface area (Å²) >= 11 is 5.80. The van der Waals surface area contributed by atoms with E-state index < -0.39 is 27.4 Å². The average molecular weight is 429 g/mol. The van der Waals surface area contributed by atoms with Crippen LogP contribution in [0.4, 0.5) is 17.6 Å². The molecule has 0 amide bonds. The monoisotopic (exact) mass is 428 g/mol. The van der Waals surface area contributed by atoms with E-state index in [1.807, 2.05) is 0 Å². The smallest absolute Gasteiger partial charge is 0.224 e. The molecule has 0 heterocycles. The molecule has 28 heavy (non-hydrogen) atoms. The Hall–Kier alpha value is -2.38. The van der Waals surface area contributed by atoms with Crippen molar-refractivity contribution in [3.05, 3.63) is 77.1 Å². The van der Waals surface area contributed by atoms with Crippen LogP contribution in [0.2, 0.25) is 5.02 Å². The maximum atomic E-state index is 13.5. The Kier molecular flexibility index (Phi) is 5.25. The predicted octanol–water partition coefficient (Wildman–Crippen LogP) is 6.24. The van der Waals surface area contributed by atoms with Crippen molar-refractivity contribution >= 4 is 21.4 Å². The molecule has 0 aliphatic carbocycles. The van der Waals surface area contributed by atoms with Gasteiger partial charge in [0.25, 0.3) is 0 Å². The zero-order valence-electron chi connectivity index (χ0n) is 14.4. The Morgan fingerprint density at radius 1 is 0.821 bits per heavy atom. The third-order valence-electron chi connectivity index (χ3n) is 4.17. The quantitative estimate of drug-likeness (QED) is 0.463. The van der Waals surface area contributed by atoms with Crippen LogP contribution in [0.5, 0.6) is 0 Å². The molecule has 0 fully saturated rings. The highest BCUT2D eigenvalue weighted by Crippen LogP contribution is 2.39. The Labute approximate surface area is 164 Å². The van der Waals surface area contributed by atoms with E-state index >= 15 is 0 Å². The molecule has 0 spiro atoms. The Morgan fingerprint density at radius 3 is 1.96 bits per heavy atom. The fourth-order valence-electron chi connectivity index (χ4n) is 2.76. The first-order valence-electron chi connectivity index (χ1n) is 7.94. The first-order valence-corrected chi connectivity index (χ1v) is 10.2.